The lowest BCUT2D eigenvalue weighted by Gasteiger charge is -2.30. The first-order chi connectivity index (χ1) is 12.1. The maximum Gasteiger partial charge on any atom is 0.230 e. The fourth-order valence-electron chi connectivity index (χ4n) is 3.58. The fraction of sp³-hybridized carbons (Fsp3) is 0.409. The smallest absolute Gasteiger partial charge is 0.230 e. The molecule has 25 heavy (non-hydrogen) atoms. The summed E-state index contributed by atoms with van der Waals surface area (Å²) in [6, 6.07) is 20.8. The van der Waals surface area contributed by atoms with Crippen molar-refractivity contribution in [3.05, 3.63) is 71.8 Å². The van der Waals surface area contributed by atoms with Crippen molar-refractivity contribution < 1.29 is 4.79 Å². The normalized spacial score (nSPS) is 16.6. The average molecular weight is 336 g/mol. The van der Waals surface area contributed by atoms with Gasteiger partial charge in [0.25, 0.3) is 0 Å². The maximum atomic E-state index is 12.9. The Morgan fingerprint density at radius 1 is 1.00 bits per heavy atom. The van der Waals surface area contributed by atoms with Gasteiger partial charge in [0.1, 0.15) is 0 Å². The molecule has 3 rings (SSSR count). The van der Waals surface area contributed by atoms with Gasteiger partial charge < -0.3 is 5.32 Å². The van der Waals surface area contributed by atoms with Crippen LogP contribution in [0.25, 0.3) is 0 Å². The molecule has 1 atom stereocenters. The molecule has 0 unspecified atom stereocenters. The maximum absolute atomic E-state index is 12.9. The number of carbonyl (C=O) groups excluding carboxylic acids is 1. The van der Waals surface area contributed by atoms with Crippen molar-refractivity contribution in [3.8, 4) is 0 Å². The van der Waals surface area contributed by atoms with E-state index in [-0.39, 0.29) is 11.9 Å². The third kappa shape index (κ3) is 4.10. The SMILES string of the molecule is CC(C)(C(=O)NC[C@@H](c1ccccc1)N1CCCC1)c1ccccc1. The predicted molar refractivity (Wildman–Crippen MR) is 102 cm³/mol. The second kappa shape index (κ2) is 7.83. The Kier molecular flexibility index (Phi) is 5.54. The van der Waals surface area contributed by atoms with Crippen molar-refractivity contribution >= 4 is 5.91 Å². The van der Waals surface area contributed by atoms with Gasteiger partial charge in [0.2, 0.25) is 5.91 Å². The Morgan fingerprint density at radius 3 is 2.16 bits per heavy atom. The third-order valence-electron chi connectivity index (χ3n) is 5.28. The van der Waals surface area contributed by atoms with E-state index in [0.717, 1.165) is 18.7 Å². The molecule has 2 aromatic rings. The van der Waals surface area contributed by atoms with Crippen LogP contribution in [0.5, 0.6) is 0 Å². The van der Waals surface area contributed by atoms with Gasteiger partial charge in [-0.25, -0.2) is 0 Å². The standard InChI is InChI=1S/C22H28N2O/c1-22(2,19-13-7-4-8-14-19)21(25)23-17-20(24-15-9-10-16-24)18-11-5-3-6-12-18/h3-8,11-14,20H,9-10,15-17H2,1-2H3,(H,23,25)/t20-/m0/s1. The highest BCUT2D eigenvalue weighted by Crippen LogP contribution is 2.26. The number of amides is 1. The third-order valence-corrected chi connectivity index (χ3v) is 5.28. The van der Waals surface area contributed by atoms with Gasteiger partial charge in [0.15, 0.2) is 0 Å². The summed E-state index contributed by atoms with van der Waals surface area (Å²) in [7, 11) is 0. The number of nitrogens with one attached hydrogen (secondary N) is 1. The Bertz CT molecular complexity index is 676. The minimum Gasteiger partial charge on any atom is -0.353 e. The zero-order valence-electron chi connectivity index (χ0n) is 15.2. The Labute approximate surface area is 151 Å². The van der Waals surface area contributed by atoms with E-state index in [1.807, 2.05) is 50.2 Å². The van der Waals surface area contributed by atoms with Crippen molar-refractivity contribution in [3.63, 3.8) is 0 Å². The lowest BCUT2D eigenvalue weighted by atomic mass is 9.83. The van der Waals surface area contributed by atoms with Crippen LogP contribution >= 0.6 is 0 Å². The van der Waals surface area contributed by atoms with Gasteiger partial charge in [-0.2, -0.15) is 0 Å². The molecule has 2 aromatic carbocycles. The summed E-state index contributed by atoms with van der Waals surface area (Å²) in [6.07, 6.45) is 2.49. The van der Waals surface area contributed by atoms with Gasteiger partial charge in [-0.3, -0.25) is 9.69 Å². The van der Waals surface area contributed by atoms with Gasteiger partial charge in [-0.15, -0.1) is 0 Å². The van der Waals surface area contributed by atoms with Crippen LogP contribution in [0.2, 0.25) is 0 Å². The van der Waals surface area contributed by atoms with Crippen LogP contribution in [0, 0.1) is 0 Å². The van der Waals surface area contributed by atoms with Crippen LogP contribution in [0.3, 0.4) is 0 Å². The zero-order valence-corrected chi connectivity index (χ0v) is 15.2. The van der Waals surface area contributed by atoms with E-state index in [1.165, 1.54) is 18.4 Å². The summed E-state index contributed by atoms with van der Waals surface area (Å²) in [5.74, 6) is 0.0822. The number of nitrogens with zero attached hydrogens (tertiary/aromatic N) is 1. The van der Waals surface area contributed by atoms with Crippen LogP contribution < -0.4 is 5.32 Å². The zero-order chi connectivity index (χ0) is 17.7. The molecule has 0 radical (unpaired) electrons. The van der Waals surface area contributed by atoms with E-state index in [1.54, 1.807) is 0 Å². The highest BCUT2D eigenvalue weighted by molar-refractivity contribution is 5.87. The van der Waals surface area contributed by atoms with E-state index in [0.29, 0.717) is 6.54 Å². The summed E-state index contributed by atoms with van der Waals surface area (Å²) in [6.45, 7) is 6.85. The van der Waals surface area contributed by atoms with Crippen molar-refractivity contribution in [2.45, 2.75) is 38.1 Å². The highest BCUT2D eigenvalue weighted by Gasteiger charge is 2.31. The average Bonchev–Trinajstić information content (AvgIpc) is 3.18. The molecule has 1 saturated heterocycles. The Balaban J connectivity index is 1.71. The fourth-order valence-corrected chi connectivity index (χ4v) is 3.58. The molecule has 0 spiro atoms. The van der Waals surface area contributed by atoms with Crippen LogP contribution in [0.1, 0.15) is 43.9 Å². The van der Waals surface area contributed by atoms with Crippen LogP contribution in [0.15, 0.2) is 60.7 Å². The number of hydrogen-bond acceptors (Lipinski definition) is 2. The Hall–Kier alpha value is -2.13. The second-order valence-electron chi connectivity index (χ2n) is 7.37. The van der Waals surface area contributed by atoms with E-state index in [2.05, 4.69) is 34.5 Å². The lowest BCUT2D eigenvalue weighted by molar-refractivity contribution is -0.125. The molecule has 0 saturated carbocycles. The summed E-state index contributed by atoms with van der Waals surface area (Å²) in [5, 5.41) is 3.22. The first-order valence-electron chi connectivity index (χ1n) is 9.22. The molecule has 0 aromatic heterocycles. The minimum absolute atomic E-state index is 0.0822. The molecular weight excluding hydrogens is 308 g/mol. The quantitative estimate of drug-likeness (QED) is 0.867. The van der Waals surface area contributed by atoms with Gasteiger partial charge in [0, 0.05) is 6.54 Å². The van der Waals surface area contributed by atoms with Crippen LogP contribution in [-0.2, 0) is 10.2 Å². The minimum atomic E-state index is -0.534. The number of likely N-dealkylation sites (tertiary alicyclic amines) is 1. The molecule has 3 heteroatoms. The van der Waals surface area contributed by atoms with Crippen LogP contribution in [0.4, 0.5) is 0 Å². The topological polar surface area (TPSA) is 32.3 Å². The molecule has 132 valence electrons. The molecule has 1 aliphatic heterocycles. The highest BCUT2D eigenvalue weighted by atomic mass is 16.2. The summed E-state index contributed by atoms with van der Waals surface area (Å²) in [5.41, 5.74) is 1.79. The number of rotatable bonds is 6. The van der Waals surface area contributed by atoms with Gasteiger partial charge in [-0.1, -0.05) is 60.7 Å². The van der Waals surface area contributed by atoms with Gasteiger partial charge >= 0.3 is 0 Å². The van der Waals surface area contributed by atoms with Crippen LogP contribution in [-0.4, -0.2) is 30.4 Å². The summed E-state index contributed by atoms with van der Waals surface area (Å²) < 4.78 is 0. The summed E-state index contributed by atoms with van der Waals surface area (Å²) in [4.78, 5) is 15.4. The number of hydrogen-bond donors (Lipinski definition) is 1. The molecule has 0 aliphatic carbocycles. The first kappa shape index (κ1) is 17.7. The monoisotopic (exact) mass is 336 g/mol. The lowest BCUT2D eigenvalue weighted by Crippen LogP contribution is -2.44. The van der Waals surface area contributed by atoms with E-state index >= 15 is 0 Å². The largest absolute Gasteiger partial charge is 0.353 e. The van der Waals surface area contributed by atoms with E-state index in [9.17, 15) is 4.79 Å². The number of benzene rings is 2. The van der Waals surface area contributed by atoms with Crippen molar-refractivity contribution in [2.24, 2.45) is 0 Å². The molecule has 1 N–H and O–H groups in total. The molecule has 1 aliphatic rings. The van der Waals surface area contributed by atoms with Crippen molar-refractivity contribution in [2.75, 3.05) is 19.6 Å². The number of carbonyl (C=O) groups is 1. The van der Waals surface area contributed by atoms with E-state index in [4.69, 9.17) is 0 Å². The molecule has 1 amide bonds. The van der Waals surface area contributed by atoms with Crippen molar-refractivity contribution in [1.82, 2.24) is 10.2 Å². The molecule has 1 fully saturated rings. The molecular formula is C22H28N2O. The van der Waals surface area contributed by atoms with Crippen molar-refractivity contribution in [1.29, 1.82) is 0 Å². The molecule has 1 heterocycles. The van der Waals surface area contributed by atoms with Gasteiger partial charge in [-0.05, 0) is 50.9 Å². The second-order valence-corrected chi connectivity index (χ2v) is 7.37. The predicted octanol–water partition coefficient (Wildman–Crippen LogP) is 3.92. The molecule has 0 bridgehead atoms. The molecule has 3 nitrogen and oxygen atoms in total. The summed E-state index contributed by atoms with van der Waals surface area (Å²) >= 11 is 0. The van der Waals surface area contributed by atoms with E-state index < -0.39 is 5.41 Å². The Morgan fingerprint density at radius 2 is 1.56 bits per heavy atom. The first-order valence-corrected chi connectivity index (χ1v) is 9.22. The van der Waals surface area contributed by atoms with Gasteiger partial charge in [0.05, 0.1) is 11.5 Å².